The van der Waals surface area contributed by atoms with Gasteiger partial charge in [-0.15, -0.1) is 9.24 Å². The fourth-order valence-electron chi connectivity index (χ4n) is 1.98. The van der Waals surface area contributed by atoms with E-state index in [1.54, 1.807) is 12.1 Å². The van der Waals surface area contributed by atoms with E-state index in [4.69, 9.17) is 0 Å². The summed E-state index contributed by atoms with van der Waals surface area (Å²) in [6.45, 7) is 1.94. The number of benzene rings is 2. The SMILES string of the molecule is Cc1ccc(F)c(-c2nc3ccc(P)cc3[nH]2)c1. The fraction of sp³-hybridized carbons (Fsp3) is 0.0714. The van der Waals surface area contributed by atoms with Crippen LogP contribution in [0.4, 0.5) is 4.39 Å². The molecule has 1 atom stereocenters. The lowest BCUT2D eigenvalue weighted by molar-refractivity contribution is 0.630. The molecule has 90 valence electrons. The van der Waals surface area contributed by atoms with Crippen LogP contribution in [0.15, 0.2) is 36.4 Å². The monoisotopic (exact) mass is 258 g/mol. The van der Waals surface area contributed by atoms with Crippen molar-refractivity contribution in [1.82, 2.24) is 9.97 Å². The number of halogens is 1. The molecule has 0 bridgehead atoms. The van der Waals surface area contributed by atoms with Crippen LogP contribution in [0.5, 0.6) is 0 Å². The van der Waals surface area contributed by atoms with Crippen molar-refractivity contribution in [3.63, 3.8) is 0 Å². The van der Waals surface area contributed by atoms with E-state index in [0.29, 0.717) is 11.4 Å². The molecule has 1 unspecified atom stereocenters. The molecule has 0 aliphatic carbocycles. The lowest BCUT2D eigenvalue weighted by Gasteiger charge is -2.00. The minimum absolute atomic E-state index is 0.259. The van der Waals surface area contributed by atoms with Crippen molar-refractivity contribution in [3.8, 4) is 11.4 Å². The van der Waals surface area contributed by atoms with Crippen LogP contribution in [-0.4, -0.2) is 9.97 Å². The molecule has 1 aromatic heterocycles. The molecule has 1 N–H and O–H groups in total. The Bertz CT molecular complexity index is 734. The molecule has 3 aromatic rings. The molecule has 2 aromatic carbocycles. The number of nitrogens with zero attached hydrogens (tertiary/aromatic N) is 1. The summed E-state index contributed by atoms with van der Waals surface area (Å²) < 4.78 is 13.8. The van der Waals surface area contributed by atoms with E-state index < -0.39 is 0 Å². The first-order chi connectivity index (χ1) is 8.63. The van der Waals surface area contributed by atoms with Gasteiger partial charge in [0.05, 0.1) is 16.6 Å². The van der Waals surface area contributed by atoms with Gasteiger partial charge in [0.1, 0.15) is 11.6 Å². The van der Waals surface area contributed by atoms with E-state index in [1.165, 1.54) is 6.07 Å². The molecule has 0 aliphatic heterocycles. The summed E-state index contributed by atoms with van der Waals surface area (Å²) in [5, 5.41) is 1.07. The number of hydrogen-bond donors (Lipinski definition) is 1. The molecule has 0 fully saturated rings. The van der Waals surface area contributed by atoms with Gasteiger partial charge in [0, 0.05) is 0 Å². The van der Waals surface area contributed by atoms with E-state index in [-0.39, 0.29) is 5.82 Å². The quantitative estimate of drug-likeness (QED) is 0.667. The molecule has 1 heterocycles. The molecule has 0 radical (unpaired) electrons. The zero-order valence-corrected chi connectivity index (χ0v) is 11.0. The van der Waals surface area contributed by atoms with Crippen LogP contribution in [0.25, 0.3) is 22.4 Å². The topological polar surface area (TPSA) is 28.7 Å². The van der Waals surface area contributed by atoms with E-state index in [2.05, 4.69) is 19.2 Å². The van der Waals surface area contributed by atoms with Crippen LogP contribution in [0.1, 0.15) is 5.56 Å². The van der Waals surface area contributed by atoms with E-state index >= 15 is 0 Å². The number of H-pyrrole nitrogens is 1. The molecule has 0 saturated carbocycles. The molecule has 2 nitrogen and oxygen atoms in total. The number of aromatic nitrogens is 2. The summed E-state index contributed by atoms with van der Waals surface area (Å²) in [5.41, 5.74) is 3.28. The molecule has 0 aliphatic rings. The van der Waals surface area contributed by atoms with Gasteiger partial charge < -0.3 is 4.98 Å². The van der Waals surface area contributed by atoms with Gasteiger partial charge in [-0.3, -0.25) is 0 Å². The molecular formula is C14H12FN2P. The predicted molar refractivity (Wildman–Crippen MR) is 75.6 cm³/mol. The van der Waals surface area contributed by atoms with Gasteiger partial charge in [-0.25, -0.2) is 9.37 Å². The van der Waals surface area contributed by atoms with Crippen molar-refractivity contribution < 1.29 is 4.39 Å². The predicted octanol–water partition coefficient (Wildman–Crippen LogP) is 3.18. The Kier molecular flexibility index (Phi) is 2.64. The Hall–Kier alpha value is -1.73. The van der Waals surface area contributed by atoms with Crippen LogP contribution in [0.2, 0.25) is 0 Å². The van der Waals surface area contributed by atoms with Crippen LogP contribution in [0, 0.1) is 12.7 Å². The van der Waals surface area contributed by atoms with Gasteiger partial charge >= 0.3 is 0 Å². The highest BCUT2D eigenvalue weighted by molar-refractivity contribution is 7.27. The van der Waals surface area contributed by atoms with E-state index in [1.807, 2.05) is 25.1 Å². The highest BCUT2D eigenvalue weighted by Gasteiger charge is 2.10. The third kappa shape index (κ3) is 1.91. The molecule has 18 heavy (non-hydrogen) atoms. The second-order valence-electron chi connectivity index (χ2n) is 4.35. The molecule has 3 rings (SSSR count). The van der Waals surface area contributed by atoms with Crippen molar-refractivity contribution in [2.45, 2.75) is 6.92 Å². The molecular weight excluding hydrogens is 246 g/mol. The van der Waals surface area contributed by atoms with Crippen LogP contribution < -0.4 is 5.30 Å². The Morgan fingerprint density at radius 2 is 2.00 bits per heavy atom. The zero-order valence-electron chi connectivity index (χ0n) is 9.87. The first-order valence-electron chi connectivity index (χ1n) is 5.65. The summed E-state index contributed by atoms with van der Waals surface area (Å²) in [6.07, 6.45) is 0. The zero-order chi connectivity index (χ0) is 12.7. The smallest absolute Gasteiger partial charge is 0.141 e. The van der Waals surface area contributed by atoms with E-state index in [9.17, 15) is 4.39 Å². The van der Waals surface area contributed by atoms with Crippen LogP contribution >= 0.6 is 9.24 Å². The Labute approximate surface area is 106 Å². The summed E-state index contributed by atoms with van der Waals surface area (Å²) >= 11 is 0. The normalized spacial score (nSPS) is 11.1. The number of fused-ring (bicyclic) bond motifs is 1. The van der Waals surface area contributed by atoms with Crippen molar-refractivity contribution in [2.24, 2.45) is 0 Å². The lowest BCUT2D eigenvalue weighted by Crippen LogP contribution is -1.87. The Balaban J connectivity index is 2.22. The van der Waals surface area contributed by atoms with Gasteiger partial charge in [-0.05, 0) is 36.5 Å². The largest absolute Gasteiger partial charge is 0.338 e. The molecule has 0 amide bonds. The fourth-order valence-corrected chi connectivity index (χ4v) is 2.24. The van der Waals surface area contributed by atoms with E-state index in [0.717, 1.165) is 21.9 Å². The van der Waals surface area contributed by atoms with Crippen LogP contribution in [0.3, 0.4) is 0 Å². The van der Waals surface area contributed by atoms with Crippen molar-refractivity contribution in [1.29, 1.82) is 0 Å². The second-order valence-corrected chi connectivity index (χ2v) is 5.01. The maximum Gasteiger partial charge on any atom is 0.141 e. The van der Waals surface area contributed by atoms with Crippen molar-refractivity contribution in [3.05, 3.63) is 47.8 Å². The maximum absolute atomic E-state index is 13.8. The van der Waals surface area contributed by atoms with Gasteiger partial charge in [-0.2, -0.15) is 0 Å². The standard InChI is InChI=1S/C14H12FN2P/c1-8-2-4-11(15)10(6-8)14-16-12-5-3-9(18)7-13(12)17-14/h2-7H,18H2,1H3,(H,16,17). The van der Waals surface area contributed by atoms with Gasteiger partial charge in [0.25, 0.3) is 0 Å². The number of hydrogen-bond acceptors (Lipinski definition) is 1. The average molecular weight is 258 g/mol. The average Bonchev–Trinajstić information content (AvgIpc) is 2.74. The first-order valence-corrected chi connectivity index (χ1v) is 6.23. The Morgan fingerprint density at radius 1 is 1.17 bits per heavy atom. The lowest BCUT2D eigenvalue weighted by atomic mass is 10.1. The highest BCUT2D eigenvalue weighted by Crippen LogP contribution is 2.23. The van der Waals surface area contributed by atoms with Gasteiger partial charge in [0.15, 0.2) is 0 Å². The minimum Gasteiger partial charge on any atom is -0.338 e. The third-order valence-corrected chi connectivity index (χ3v) is 3.24. The summed E-state index contributed by atoms with van der Waals surface area (Å²) in [4.78, 5) is 7.58. The summed E-state index contributed by atoms with van der Waals surface area (Å²) in [5.74, 6) is 0.313. The maximum atomic E-state index is 13.8. The number of nitrogens with one attached hydrogen (secondary N) is 1. The Morgan fingerprint density at radius 3 is 2.83 bits per heavy atom. The molecule has 4 heteroatoms. The van der Waals surface area contributed by atoms with Gasteiger partial charge in [-0.1, -0.05) is 17.7 Å². The number of imidazole rings is 1. The highest BCUT2D eigenvalue weighted by atomic mass is 31.0. The minimum atomic E-state index is -0.259. The first kappa shape index (κ1) is 11.4. The van der Waals surface area contributed by atoms with Gasteiger partial charge in [0.2, 0.25) is 0 Å². The molecule has 0 saturated heterocycles. The van der Waals surface area contributed by atoms with Crippen molar-refractivity contribution in [2.75, 3.05) is 0 Å². The van der Waals surface area contributed by atoms with Crippen LogP contribution in [-0.2, 0) is 0 Å². The number of aromatic amines is 1. The number of rotatable bonds is 1. The second kappa shape index (κ2) is 4.18. The van der Waals surface area contributed by atoms with Crippen molar-refractivity contribution >= 4 is 25.6 Å². The summed E-state index contributed by atoms with van der Waals surface area (Å²) in [7, 11) is 2.63. The molecule has 0 spiro atoms. The summed E-state index contributed by atoms with van der Waals surface area (Å²) in [6, 6.07) is 10.9. The third-order valence-electron chi connectivity index (χ3n) is 2.88. The number of aryl methyl sites for hydroxylation is 1.